The lowest BCUT2D eigenvalue weighted by atomic mass is 9.97. The second-order valence-corrected chi connectivity index (χ2v) is 6.92. The molecule has 0 radical (unpaired) electrons. The summed E-state index contributed by atoms with van der Waals surface area (Å²) in [6, 6.07) is 15.8. The number of amides is 1. The van der Waals surface area contributed by atoms with Gasteiger partial charge in [-0.1, -0.05) is 30.3 Å². The van der Waals surface area contributed by atoms with Gasteiger partial charge in [-0.2, -0.15) is 0 Å². The maximum Gasteiger partial charge on any atom is 0.229 e. The topological polar surface area (TPSA) is 58.1 Å². The predicted octanol–water partition coefficient (Wildman–Crippen LogP) is 4.14. The van der Waals surface area contributed by atoms with E-state index in [9.17, 15) is 9.18 Å². The van der Waals surface area contributed by atoms with Crippen LogP contribution in [0.5, 0.6) is 0 Å². The molecule has 1 aromatic heterocycles. The van der Waals surface area contributed by atoms with Crippen LogP contribution in [0.2, 0.25) is 0 Å². The molecule has 0 spiro atoms. The fraction of sp³-hybridized carbons (Fsp3) is 0.227. The van der Waals surface area contributed by atoms with E-state index in [0.29, 0.717) is 18.2 Å². The number of hydrogen-bond acceptors (Lipinski definition) is 4. The van der Waals surface area contributed by atoms with Crippen molar-refractivity contribution in [1.82, 2.24) is 9.97 Å². The van der Waals surface area contributed by atoms with Crippen molar-refractivity contribution in [2.75, 3.05) is 23.3 Å². The molecule has 28 heavy (non-hydrogen) atoms. The van der Waals surface area contributed by atoms with Crippen LogP contribution in [0.4, 0.5) is 16.0 Å². The van der Waals surface area contributed by atoms with Gasteiger partial charge in [0.25, 0.3) is 0 Å². The molecule has 142 valence electrons. The molecule has 5 nitrogen and oxygen atoms in total. The maximum absolute atomic E-state index is 13.0. The van der Waals surface area contributed by atoms with Gasteiger partial charge in [-0.15, -0.1) is 0 Å². The number of benzene rings is 2. The second-order valence-electron chi connectivity index (χ2n) is 6.92. The van der Waals surface area contributed by atoms with Crippen LogP contribution < -0.4 is 10.2 Å². The van der Waals surface area contributed by atoms with Crippen molar-refractivity contribution in [1.29, 1.82) is 0 Å². The highest BCUT2D eigenvalue weighted by atomic mass is 19.1. The van der Waals surface area contributed by atoms with Crippen molar-refractivity contribution in [3.63, 3.8) is 0 Å². The zero-order valence-electron chi connectivity index (χ0n) is 15.4. The van der Waals surface area contributed by atoms with Gasteiger partial charge in [-0.25, -0.2) is 14.4 Å². The smallest absolute Gasteiger partial charge is 0.229 e. The van der Waals surface area contributed by atoms with Crippen molar-refractivity contribution in [3.8, 4) is 11.1 Å². The van der Waals surface area contributed by atoms with E-state index in [2.05, 4.69) is 15.3 Å². The quantitative estimate of drug-likeness (QED) is 0.744. The van der Waals surface area contributed by atoms with Crippen LogP contribution in [-0.2, 0) is 4.79 Å². The molecule has 2 heterocycles. The Morgan fingerprint density at radius 1 is 1.00 bits per heavy atom. The van der Waals surface area contributed by atoms with E-state index in [4.69, 9.17) is 0 Å². The zero-order valence-corrected chi connectivity index (χ0v) is 15.4. The Kier molecular flexibility index (Phi) is 5.28. The lowest BCUT2D eigenvalue weighted by Gasteiger charge is -2.32. The molecule has 1 atom stereocenters. The van der Waals surface area contributed by atoms with Crippen molar-refractivity contribution < 1.29 is 9.18 Å². The Balaban J connectivity index is 1.42. The van der Waals surface area contributed by atoms with Gasteiger partial charge < -0.3 is 10.2 Å². The molecular formula is C22H21FN4O. The maximum atomic E-state index is 13.0. The van der Waals surface area contributed by atoms with Gasteiger partial charge >= 0.3 is 0 Å². The van der Waals surface area contributed by atoms with Crippen LogP contribution in [0.3, 0.4) is 0 Å². The number of nitrogens with one attached hydrogen (secondary N) is 1. The van der Waals surface area contributed by atoms with E-state index < -0.39 is 0 Å². The van der Waals surface area contributed by atoms with Crippen molar-refractivity contribution >= 4 is 17.5 Å². The fourth-order valence-corrected chi connectivity index (χ4v) is 3.41. The third kappa shape index (κ3) is 4.17. The number of halogens is 1. The number of anilines is 2. The van der Waals surface area contributed by atoms with Gasteiger partial charge in [-0.3, -0.25) is 4.79 Å². The monoisotopic (exact) mass is 376 g/mol. The first-order valence-corrected chi connectivity index (χ1v) is 9.38. The Morgan fingerprint density at radius 2 is 1.71 bits per heavy atom. The molecule has 6 heteroatoms. The molecule has 0 aliphatic carbocycles. The van der Waals surface area contributed by atoms with Gasteiger partial charge in [-0.05, 0) is 42.7 Å². The second kappa shape index (κ2) is 8.17. The number of aromatic nitrogens is 2. The number of rotatable bonds is 4. The molecule has 1 fully saturated rings. The van der Waals surface area contributed by atoms with Crippen LogP contribution >= 0.6 is 0 Å². The Morgan fingerprint density at radius 3 is 2.43 bits per heavy atom. The molecule has 0 bridgehead atoms. The minimum absolute atomic E-state index is 0.0581. The first-order valence-electron chi connectivity index (χ1n) is 9.38. The highest BCUT2D eigenvalue weighted by Gasteiger charge is 2.27. The molecular weight excluding hydrogens is 355 g/mol. The van der Waals surface area contributed by atoms with Gasteiger partial charge in [0.15, 0.2) is 0 Å². The molecule has 0 saturated carbocycles. The Hall–Kier alpha value is -3.28. The molecule has 1 aliphatic heterocycles. The lowest BCUT2D eigenvalue weighted by molar-refractivity contribution is -0.120. The summed E-state index contributed by atoms with van der Waals surface area (Å²) >= 11 is 0. The average Bonchev–Trinajstić information content (AvgIpc) is 2.76. The number of carbonyl (C=O) groups excluding carboxylic acids is 1. The van der Waals surface area contributed by atoms with Gasteiger partial charge in [0.2, 0.25) is 11.9 Å². The predicted molar refractivity (Wildman–Crippen MR) is 107 cm³/mol. The van der Waals surface area contributed by atoms with Crippen molar-refractivity contribution in [2.24, 2.45) is 5.92 Å². The largest absolute Gasteiger partial charge is 0.340 e. The number of hydrogen-bond donors (Lipinski definition) is 1. The van der Waals surface area contributed by atoms with Crippen molar-refractivity contribution in [3.05, 3.63) is 72.8 Å². The summed E-state index contributed by atoms with van der Waals surface area (Å²) < 4.78 is 13.0. The summed E-state index contributed by atoms with van der Waals surface area (Å²) in [4.78, 5) is 23.7. The van der Waals surface area contributed by atoms with E-state index >= 15 is 0 Å². The average molecular weight is 376 g/mol. The lowest BCUT2D eigenvalue weighted by Crippen LogP contribution is -2.41. The summed E-state index contributed by atoms with van der Waals surface area (Å²) in [7, 11) is 0. The first kappa shape index (κ1) is 18.1. The summed E-state index contributed by atoms with van der Waals surface area (Å²) in [5.41, 5.74) is 2.64. The van der Waals surface area contributed by atoms with E-state index in [1.807, 2.05) is 47.6 Å². The first-order chi connectivity index (χ1) is 13.7. The molecule has 1 aliphatic rings. The van der Waals surface area contributed by atoms with E-state index in [1.54, 1.807) is 12.1 Å². The molecule has 1 unspecified atom stereocenters. The summed E-state index contributed by atoms with van der Waals surface area (Å²) in [6.07, 6.45) is 5.34. The molecule has 2 aromatic carbocycles. The summed E-state index contributed by atoms with van der Waals surface area (Å²) in [6.45, 7) is 1.39. The highest BCUT2D eigenvalue weighted by molar-refractivity contribution is 5.93. The third-order valence-corrected chi connectivity index (χ3v) is 4.93. The van der Waals surface area contributed by atoms with Crippen LogP contribution in [0, 0.1) is 11.7 Å². The zero-order chi connectivity index (χ0) is 19.3. The van der Waals surface area contributed by atoms with E-state index in [1.165, 1.54) is 12.1 Å². The fourth-order valence-electron chi connectivity index (χ4n) is 3.41. The molecule has 1 N–H and O–H groups in total. The number of nitrogens with zero attached hydrogens (tertiary/aromatic N) is 3. The van der Waals surface area contributed by atoms with Gasteiger partial charge in [0, 0.05) is 36.7 Å². The molecule has 1 saturated heterocycles. The Bertz CT molecular complexity index is 929. The SMILES string of the molecule is O=C(Nc1ccc(F)cc1)C1CCCN(c2ncc(-c3ccccc3)cn2)C1. The highest BCUT2D eigenvalue weighted by Crippen LogP contribution is 2.23. The molecule has 1 amide bonds. The Labute approximate surface area is 163 Å². The molecule has 4 rings (SSSR count). The minimum atomic E-state index is -0.321. The van der Waals surface area contributed by atoms with E-state index in [-0.39, 0.29) is 17.6 Å². The summed E-state index contributed by atoms with van der Waals surface area (Å²) in [5, 5.41) is 2.87. The van der Waals surface area contributed by atoms with Crippen LogP contribution in [0.1, 0.15) is 12.8 Å². The number of piperidine rings is 1. The summed E-state index contributed by atoms with van der Waals surface area (Å²) in [5.74, 6) is 0.102. The van der Waals surface area contributed by atoms with Crippen LogP contribution in [0.15, 0.2) is 67.0 Å². The van der Waals surface area contributed by atoms with Crippen molar-refractivity contribution in [2.45, 2.75) is 12.8 Å². The van der Waals surface area contributed by atoms with Crippen LogP contribution in [0.25, 0.3) is 11.1 Å². The van der Waals surface area contributed by atoms with E-state index in [0.717, 1.165) is 30.5 Å². The van der Waals surface area contributed by atoms with Crippen LogP contribution in [-0.4, -0.2) is 29.0 Å². The third-order valence-electron chi connectivity index (χ3n) is 4.93. The number of carbonyl (C=O) groups is 1. The minimum Gasteiger partial charge on any atom is -0.340 e. The van der Waals surface area contributed by atoms with Gasteiger partial charge in [0.05, 0.1) is 5.92 Å². The standard InChI is InChI=1S/C22H21FN4O/c23-19-8-10-20(11-9-19)26-21(28)17-7-4-12-27(15-17)22-24-13-18(14-25-22)16-5-2-1-3-6-16/h1-3,5-6,8-11,13-14,17H,4,7,12,15H2,(H,26,28). The van der Waals surface area contributed by atoms with Gasteiger partial charge in [0.1, 0.15) is 5.82 Å². The normalized spacial score (nSPS) is 16.6. The molecule has 3 aromatic rings.